The van der Waals surface area contributed by atoms with Gasteiger partial charge in [0.2, 0.25) is 0 Å². The van der Waals surface area contributed by atoms with E-state index in [2.05, 4.69) is 5.32 Å². The predicted octanol–water partition coefficient (Wildman–Crippen LogP) is 2.66. The molecule has 1 saturated heterocycles. The van der Waals surface area contributed by atoms with Crippen molar-refractivity contribution in [3.63, 3.8) is 0 Å². The molecule has 0 aromatic heterocycles. The van der Waals surface area contributed by atoms with Crippen LogP contribution in [-0.4, -0.2) is 12.5 Å². The molecule has 14 heavy (non-hydrogen) atoms. The minimum atomic E-state index is -2.55. The average molecular weight is 197 g/mol. The molecule has 1 N–H and O–H groups in total. The van der Waals surface area contributed by atoms with Crippen LogP contribution in [-0.2, 0) is 0 Å². The van der Waals surface area contributed by atoms with Crippen LogP contribution in [0.3, 0.4) is 0 Å². The highest BCUT2D eigenvalue weighted by molar-refractivity contribution is 5.26. The molecule has 0 bridgehead atoms. The minimum Gasteiger partial charge on any atom is -0.304 e. The van der Waals surface area contributed by atoms with Crippen molar-refractivity contribution in [1.29, 1.82) is 0 Å². The predicted molar refractivity (Wildman–Crippen MR) is 51.5 cm³/mol. The summed E-state index contributed by atoms with van der Waals surface area (Å²) >= 11 is 0. The van der Waals surface area contributed by atoms with E-state index in [1.54, 1.807) is 0 Å². The third-order valence-electron chi connectivity index (χ3n) is 2.55. The lowest BCUT2D eigenvalue weighted by molar-refractivity contribution is 0.0210. The molecule has 0 saturated carbocycles. The van der Waals surface area contributed by atoms with E-state index in [0.717, 1.165) is 11.1 Å². The Labute approximate surface area is 82.1 Å². The number of aryl methyl sites for hydroxylation is 1. The van der Waals surface area contributed by atoms with Crippen molar-refractivity contribution in [3.05, 3.63) is 35.4 Å². The lowest BCUT2D eigenvalue weighted by Gasteiger charge is -2.10. The second kappa shape index (κ2) is 3.31. The molecule has 1 fully saturated rings. The Hall–Kier alpha value is -0.960. The van der Waals surface area contributed by atoms with Crippen molar-refractivity contribution < 1.29 is 8.78 Å². The fourth-order valence-electron chi connectivity index (χ4n) is 1.84. The van der Waals surface area contributed by atoms with Crippen LogP contribution in [0.15, 0.2) is 24.3 Å². The average Bonchev–Trinajstić information content (AvgIpc) is 2.46. The Kier molecular flexibility index (Phi) is 2.27. The summed E-state index contributed by atoms with van der Waals surface area (Å²) in [6, 6.07) is 7.54. The molecule has 1 atom stereocenters. The molecule has 1 aliphatic heterocycles. The maximum absolute atomic E-state index is 12.9. The molecule has 2 rings (SSSR count). The lowest BCUT2D eigenvalue weighted by Crippen LogP contribution is -2.19. The molecular formula is C11H13F2N. The van der Waals surface area contributed by atoms with E-state index in [0.29, 0.717) is 0 Å². The smallest absolute Gasteiger partial charge is 0.262 e. The zero-order valence-corrected chi connectivity index (χ0v) is 8.06. The second-order valence-corrected chi connectivity index (χ2v) is 3.91. The van der Waals surface area contributed by atoms with Gasteiger partial charge in [-0.05, 0) is 12.5 Å². The molecule has 0 aliphatic carbocycles. The molecule has 1 aromatic rings. The van der Waals surface area contributed by atoms with Crippen molar-refractivity contribution in [3.8, 4) is 0 Å². The Morgan fingerprint density at radius 2 is 2.21 bits per heavy atom. The van der Waals surface area contributed by atoms with Crippen LogP contribution in [0.5, 0.6) is 0 Å². The molecule has 1 aliphatic rings. The van der Waals surface area contributed by atoms with E-state index in [9.17, 15) is 8.78 Å². The van der Waals surface area contributed by atoms with Gasteiger partial charge < -0.3 is 5.32 Å². The molecule has 0 radical (unpaired) electrons. The summed E-state index contributed by atoms with van der Waals surface area (Å²) in [4.78, 5) is 0. The van der Waals surface area contributed by atoms with Gasteiger partial charge in [0.05, 0.1) is 6.54 Å². The molecule has 0 spiro atoms. The number of benzene rings is 1. The summed E-state index contributed by atoms with van der Waals surface area (Å²) < 4.78 is 25.8. The zero-order valence-electron chi connectivity index (χ0n) is 8.06. The molecule has 1 nitrogen and oxygen atoms in total. The first-order valence-corrected chi connectivity index (χ1v) is 4.75. The first-order valence-electron chi connectivity index (χ1n) is 4.75. The summed E-state index contributed by atoms with van der Waals surface area (Å²) in [7, 11) is 0. The van der Waals surface area contributed by atoms with Gasteiger partial charge in [0.15, 0.2) is 0 Å². The highest BCUT2D eigenvalue weighted by Crippen LogP contribution is 2.33. The van der Waals surface area contributed by atoms with Gasteiger partial charge in [0, 0.05) is 12.5 Å². The van der Waals surface area contributed by atoms with Crippen LogP contribution in [0.4, 0.5) is 8.78 Å². The number of hydrogen-bond donors (Lipinski definition) is 1. The number of rotatable bonds is 1. The molecule has 0 amide bonds. The van der Waals surface area contributed by atoms with Crippen molar-refractivity contribution in [1.82, 2.24) is 5.32 Å². The SMILES string of the molecule is Cc1cccc(C2CC(F)(F)CN2)c1. The van der Waals surface area contributed by atoms with Crippen LogP contribution in [0.25, 0.3) is 0 Å². The maximum atomic E-state index is 12.9. The Morgan fingerprint density at radius 3 is 2.79 bits per heavy atom. The fraction of sp³-hybridized carbons (Fsp3) is 0.455. The first kappa shape index (κ1) is 9.59. The minimum absolute atomic E-state index is 0.0869. The topological polar surface area (TPSA) is 12.0 Å². The molecular weight excluding hydrogens is 184 g/mol. The van der Waals surface area contributed by atoms with Crippen LogP contribution >= 0.6 is 0 Å². The highest BCUT2D eigenvalue weighted by atomic mass is 19.3. The van der Waals surface area contributed by atoms with Crippen molar-refractivity contribution >= 4 is 0 Å². The summed E-state index contributed by atoms with van der Waals surface area (Å²) in [6.45, 7) is 1.77. The molecule has 1 heterocycles. The Balaban J connectivity index is 2.17. The second-order valence-electron chi connectivity index (χ2n) is 3.91. The van der Waals surface area contributed by atoms with E-state index >= 15 is 0 Å². The van der Waals surface area contributed by atoms with E-state index in [1.165, 1.54) is 0 Å². The number of halogens is 2. The number of nitrogens with one attached hydrogen (secondary N) is 1. The molecule has 76 valence electrons. The number of alkyl halides is 2. The van der Waals surface area contributed by atoms with E-state index in [4.69, 9.17) is 0 Å². The lowest BCUT2D eigenvalue weighted by atomic mass is 10.0. The van der Waals surface area contributed by atoms with Crippen LogP contribution in [0.2, 0.25) is 0 Å². The third kappa shape index (κ3) is 1.93. The van der Waals surface area contributed by atoms with Gasteiger partial charge in [-0.15, -0.1) is 0 Å². The summed E-state index contributed by atoms with van der Waals surface area (Å²) in [5, 5.41) is 2.84. The fourth-order valence-corrected chi connectivity index (χ4v) is 1.84. The maximum Gasteiger partial charge on any atom is 0.262 e. The standard InChI is InChI=1S/C11H13F2N/c1-8-3-2-4-9(5-8)10-6-11(12,13)7-14-10/h2-5,10,14H,6-7H2,1H3. The quantitative estimate of drug-likeness (QED) is 0.729. The third-order valence-corrected chi connectivity index (χ3v) is 2.55. The molecule has 1 unspecified atom stereocenters. The van der Waals surface area contributed by atoms with Gasteiger partial charge in [-0.2, -0.15) is 0 Å². The largest absolute Gasteiger partial charge is 0.304 e. The molecule has 1 aromatic carbocycles. The summed E-state index contributed by atoms with van der Waals surface area (Å²) in [5.74, 6) is -2.55. The van der Waals surface area contributed by atoms with Crippen LogP contribution in [0.1, 0.15) is 23.6 Å². The first-order chi connectivity index (χ1) is 6.57. The van der Waals surface area contributed by atoms with Gasteiger partial charge >= 0.3 is 0 Å². The van der Waals surface area contributed by atoms with Crippen LogP contribution < -0.4 is 5.32 Å². The van der Waals surface area contributed by atoms with E-state index in [-0.39, 0.29) is 19.0 Å². The van der Waals surface area contributed by atoms with E-state index < -0.39 is 5.92 Å². The van der Waals surface area contributed by atoms with Crippen molar-refractivity contribution in [2.24, 2.45) is 0 Å². The van der Waals surface area contributed by atoms with Gasteiger partial charge in [-0.1, -0.05) is 29.8 Å². The summed E-state index contributed by atoms with van der Waals surface area (Å²) in [5.41, 5.74) is 2.07. The summed E-state index contributed by atoms with van der Waals surface area (Å²) in [6.07, 6.45) is -0.0869. The zero-order chi connectivity index (χ0) is 10.2. The van der Waals surface area contributed by atoms with Gasteiger partial charge in [-0.3, -0.25) is 0 Å². The Morgan fingerprint density at radius 1 is 1.43 bits per heavy atom. The Bertz CT molecular complexity index is 336. The van der Waals surface area contributed by atoms with Gasteiger partial charge in [0.25, 0.3) is 5.92 Å². The molecule has 3 heteroatoms. The van der Waals surface area contributed by atoms with Crippen molar-refractivity contribution in [2.45, 2.75) is 25.3 Å². The van der Waals surface area contributed by atoms with E-state index in [1.807, 2.05) is 31.2 Å². The van der Waals surface area contributed by atoms with Gasteiger partial charge in [-0.25, -0.2) is 8.78 Å². The number of hydrogen-bond acceptors (Lipinski definition) is 1. The van der Waals surface area contributed by atoms with Gasteiger partial charge in [0.1, 0.15) is 0 Å². The highest BCUT2D eigenvalue weighted by Gasteiger charge is 2.39. The monoisotopic (exact) mass is 197 g/mol. The normalized spacial score (nSPS) is 25.2. The van der Waals surface area contributed by atoms with Crippen molar-refractivity contribution in [2.75, 3.05) is 6.54 Å². The van der Waals surface area contributed by atoms with Crippen LogP contribution in [0, 0.1) is 6.92 Å².